The van der Waals surface area contributed by atoms with Crippen molar-refractivity contribution >= 4 is 50.6 Å². The number of hydrogen-bond donors (Lipinski definition) is 1. The topological polar surface area (TPSA) is 49.4 Å². The van der Waals surface area contributed by atoms with Gasteiger partial charge in [-0.15, -0.1) is 0 Å². The van der Waals surface area contributed by atoms with Crippen molar-refractivity contribution in [2.24, 2.45) is 0 Å². The minimum atomic E-state index is -0.651. The zero-order valence-electron chi connectivity index (χ0n) is 16.7. The molecule has 3 aromatic carbocycles. The number of Topliss-reactive ketones (excluding diaryl/α,β-unsaturated/α-hetero) is 1. The number of rotatable bonds is 4. The predicted octanol–water partition coefficient (Wildman–Crippen LogP) is 5.52. The summed E-state index contributed by atoms with van der Waals surface area (Å²) in [6, 6.07) is 25.6. The summed E-state index contributed by atoms with van der Waals surface area (Å²) in [5.41, 5.74) is 3.27. The molecule has 1 N–H and O–H groups in total. The molecule has 3 aromatic rings. The quantitative estimate of drug-likeness (QED) is 0.386. The van der Waals surface area contributed by atoms with Gasteiger partial charge in [0.25, 0.3) is 0 Å². The van der Waals surface area contributed by atoms with E-state index >= 15 is 0 Å². The first-order valence-corrected chi connectivity index (χ1v) is 10.9. The van der Waals surface area contributed by atoms with Crippen LogP contribution in [0.5, 0.6) is 0 Å². The molecule has 31 heavy (non-hydrogen) atoms. The number of halogens is 1. The van der Waals surface area contributed by atoms with Gasteiger partial charge in [0, 0.05) is 17.0 Å². The van der Waals surface area contributed by atoms with Crippen molar-refractivity contribution in [3.05, 3.63) is 112 Å². The molecule has 0 aliphatic carbocycles. The van der Waals surface area contributed by atoms with Gasteiger partial charge in [0.05, 0.1) is 17.3 Å². The van der Waals surface area contributed by atoms with Crippen LogP contribution in [0.2, 0.25) is 0 Å². The van der Waals surface area contributed by atoms with E-state index in [9.17, 15) is 9.59 Å². The summed E-state index contributed by atoms with van der Waals surface area (Å²) in [5.74, 6) is -0.399. The van der Waals surface area contributed by atoms with Gasteiger partial charge >= 0.3 is 0 Å². The Labute approximate surface area is 194 Å². The molecule has 1 aliphatic heterocycles. The Kier molecular flexibility index (Phi) is 6.11. The first-order valence-electron chi connectivity index (χ1n) is 9.73. The van der Waals surface area contributed by atoms with Crippen LogP contribution in [0, 0.1) is 0 Å². The highest BCUT2D eigenvalue weighted by atomic mass is 79.9. The van der Waals surface area contributed by atoms with Crippen molar-refractivity contribution in [3.8, 4) is 0 Å². The van der Waals surface area contributed by atoms with Gasteiger partial charge in [-0.25, -0.2) is 0 Å². The molecule has 154 valence electrons. The van der Waals surface area contributed by atoms with E-state index in [2.05, 4.69) is 21.2 Å². The molecule has 1 aliphatic rings. The van der Waals surface area contributed by atoms with Gasteiger partial charge in [-0.1, -0.05) is 88.7 Å². The lowest BCUT2D eigenvalue weighted by Gasteiger charge is -2.39. The number of benzene rings is 3. The largest absolute Gasteiger partial charge is 0.331 e. The molecule has 1 amide bonds. The van der Waals surface area contributed by atoms with Crippen LogP contribution in [-0.4, -0.2) is 21.7 Å². The Bertz CT molecular complexity index is 1180. The minimum Gasteiger partial charge on any atom is -0.331 e. The fraction of sp³-hybridized carbons (Fsp3) is 0.0800. The number of amides is 1. The lowest BCUT2D eigenvalue weighted by molar-refractivity contribution is -0.126. The predicted molar refractivity (Wildman–Crippen MR) is 129 cm³/mol. The van der Waals surface area contributed by atoms with E-state index in [1.807, 2.05) is 72.8 Å². The number of nitrogens with one attached hydrogen (secondary N) is 1. The Hall–Kier alpha value is -3.09. The fourth-order valence-corrected chi connectivity index (χ4v) is 4.32. The SMILES string of the molecule is CC(=O)N1C(=S)NC(c2ccccc2)=C(C(=O)c2ccccc2)C1c1ccc(Br)cc1. The summed E-state index contributed by atoms with van der Waals surface area (Å²) in [4.78, 5) is 28.0. The monoisotopic (exact) mass is 490 g/mol. The van der Waals surface area contributed by atoms with Gasteiger partial charge in [0.15, 0.2) is 10.9 Å². The number of thiocarbonyl (C=S) groups is 1. The van der Waals surface area contributed by atoms with Crippen molar-refractivity contribution in [2.75, 3.05) is 0 Å². The lowest BCUT2D eigenvalue weighted by atomic mass is 9.86. The summed E-state index contributed by atoms with van der Waals surface area (Å²) in [5, 5.41) is 3.43. The third-order valence-corrected chi connectivity index (χ3v) is 5.95. The number of nitrogens with zero attached hydrogens (tertiary/aromatic N) is 1. The van der Waals surface area contributed by atoms with E-state index in [0.29, 0.717) is 16.8 Å². The van der Waals surface area contributed by atoms with E-state index < -0.39 is 6.04 Å². The highest BCUT2D eigenvalue weighted by molar-refractivity contribution is 9.10. The molecule has 4 rings (SSSR count). The zero-order chi connectivity index (χ0) is 22.0. The molecule has 0 bridgehead atoms. The Morgan fingerprint density at radius 1 is 0.903 bits per heavy atom. The van der Waals surface area contributed by atoms with Crippen LogP contribution in [0.15, 0.2) is 95.0 Å². The number of hydrogen-bond acceptors (Lipinski definition) is 3. The van der Waals surface area contributed by atoms with Crippen LogP contribution in [-0.2, 0) is 4.79 Å². The lowest BCUT2D eigenvalue weighted by Crippen LogP contribution is -2.50. The highest BCUT2D eigenvalue weighted by Crippen LogP contribution is 2.39. The van der Waals surface area contributed by atoms with Crippen LogP contribution in [0.1, 0.15) is 34.5 Å². The molecule has 1 unspecified atom stereocenters. The van der Waals surface area contributed by atoms with Gasteiger partial charge in [-0.05, 0) is 35.5 Å². The molecule has 1 heterocycles. The Balaban J connectivity index is 2.01. The third kappa shape index (κ3) is 4.22. The first-order chi connectivity index (χ1) is 15.0. The Morgan fingerprint density at radius 3 is 2.06 bits per heavy atom. The molecule has 4 nitrogen and oxygen atoms in total. The first kappa shape index (κ1) is 21.2. The van der Waals surface area contributed by atoms with Crippen molar-refractivity contribution in [2.45, 2.75) is 13.0 Å². The smallest absolute Gasteiger partial charge is 0.226 e. The van der Waals surface area contributed by atoms with Crippen LogP contribution < -0.4 is 5.32 Å². The summed E-state index contributed by atoms with van der Waals surface area (Å²) < 4.78 is 0.908. The number of ketones is 1. The molecule has 0 aromatic heterocycles. The number of carbonyl (C=O) groups excluding carboxylic acids is 2. The second-order valence-electron chi connectivity index (χ2n) is 7.12. The van der Waals surface area contributed by atoms with Gasteiger partial charge < -0.3 is 5.32 Å². The second-order valence-corrected chi connectivity index (χ2v) is 8.43. The summed E-state index contributed by atoms with van der Waals surface area (Å²) >= 11 is 9.04. The van der Waals surface area contributed by atoms with Crippen molar-refractivity contribution in [3.63, 3.8) is 0 Å². The molecular weight excluding hydrogens is 472 g/mol. The summed E-state index contributed by atoms with van der Waals surface area (Å²) in [7, 11) is 0. The molecule has 6 heteroatoms. The molecule has 0 saturated carbocycles. The molecular formula is C25H19BrN2O2S. The molecule has 0 fully saturated rings. The average molecular weight is 491 g/mol. The fourth-order valence-electron chi connectivity index (χ4n) is 3.72. The van der Waals surface area contributed by atoms with Gasteiger partial charge in [-0.2, -0.15) is 0 Å². The maximum atomic E-state index is 13.8. The summed E-state index contributed by atoms with van der Waals surface area (Å²) in [6.45, 7) is 1.46. The zero-order valence-corrected chi connectivity index (χ0v) is 19.1. The standard InChI is InChI=1S/C25H19BrN2O2S/c1-16(29)28-23(18-12-14-20(26)15-13-18)21(24(30)19-10-6-3-7-11-19)22(27-25(28)31)17-8-4-2-5-9-17/h2-15,23H,1H3,(H,27,31). The molecule has 0 spiro atoms. The second kappa shape index (κ2) is 8.96. The maximum absolute atomic E-state index is 13.8. The van der Waals surface area contributed by atoms with Crippen molar-refractivity contribution in [1.29, 1.82) is 0 Å². The maximum Gasteiger partial charge on any atom is 0.226 e. The van der Waals surface area contributed by atoms with E-state index in [4.69, 9.17) is 12.2 Å². The Morgan fingerprint density at radius 2 is 1.48 bits per heavy atom. The van der Waals surface area contributed by atoms with Crippen molar-refractivity contribution in [1.82, 2.24) is 10.2 Å². The molecule has 0 saturated heterocycles. The van der Waals surface area contributed by atoms with Gasteiger partial charge in [-0.3, -0.25) is 14.5 Å². The van der Waals surface area contributed by atoms with Crippen LogP contribution in [0.3, 0.4) is 0 Å². The van der Waals surface area contributed by atoms with E-state index in [1.54, 1.807) is 12.1 Å². The minimum absolute atomic E-state index is 0.159. The van der Waals surface area contributed by atoms with Crippen LogP contribution in [0.25, 0.3) is 5.70 Å². The molecule has 0 radical (unpaired) electrons. The van der Waals surface area contributed by atoms with E-state index in [0.717, 1.165) is 15.6 Å². The highest BCUT2D eigenvalue weighted by Gasteiger charge is 2.39. The number of carbonyl (C=O) groups is 2. The summed E-state index contributed by atoms with van der Waals surface area (Å²) in [6.07, 6.45) is 0. The third-order valence-electron chi connectivity index (χ3n) is 5.12. The van der Waals surface area contributed by atoms with Gasteiger partial charge in [0.1, 0.15) is 0 Å². The van der Waals surface area contributed by atoms with Crippen LogP contribution >= 0.6 is 28.1 Å². The molecule has 1 atom stereocenters. The van der Waals surface area contributed by atoms with Crippen LogP contribution in [0.4, 0.5) is 0 Å². The average Bonchev–Trinajstić information content (AvgIpc) is 2.79. The van der Waals surface area contributed by atoms with Crippen molar-refractivity contribution < 1.29 is 9.59 Å². The van der Waals surface area contributed by atoms with E-state index in [1.165, 1.54) is 11.8 Å². The van der Waals surface area contributed by atoms with Gasteiger partial charge in [0.2, 0.25) is 5.91 Å². The normalized spacial score (nSPS) is 16.1. The van der Waals surface area contributed by atoms with E-state index in [-0.39, 0.29) is 16.8 Å².